The summed E-state index contributed by atoms with van der Waals surface area (Å²) in [6, 6.07) is 8.19. The van der Waals surface area contributed by atoms with Crippen molar-refractivity contribution in [3.8, 4) is 5.75 Å². The SMILES string of the molecule is O=C(O)C(F)(F)F.c1cc2cc(OC3CCCNC3)ccc2cn1. The molecule has 0 spiro atoms. The summed E-state index contributed by atoms with van der Waals surface area (Å²) in [5, 5.41) is 12.8. The monoisotopic (exact) mass is 342 g/mol. The number of pyridine rings is 1. The first-order valence-corrected chi connectivity index (χ1v) is 7.37. The number of ether oxygens (including phenoxy) is 1. The summed E-state index contributed by atoms with van der Waals surface area (Å²) in [4.78, 5) is 13.0. The number of carboxylic acids is 1. The van der Waals surface area contributed by atoms with Crippen LogP contribution in [0.3, 0.4) is 0 Å². The van der Waals surface area contributed by atoms with E-state index in [-0.39, 0.29) is 0 Å². The van der Waals surface area contributed by atoms with Crippen LogP contribution in [0.5, 0.6) is 5.75 Å². The summed E-state index contributed by atoms with van der Waals surface area (Å²) >= 11 is 0. The smallest absolute Gasteiger partial charge is 0.489 e. The van der Waals surface area contributed by atoms with Crippen LogP contribution in [0, 0.1) is 0 Å². The molecule has 0 aliphatic carbocycles. The van der Waals surface area contributed by atoms with Crippen molar-refractivity contribution >= 4 is 16.7 Å². The van der Waals surface area contributed by atoms with E-state index in [0.717, 1.165) is 30.6 Å². The van der Waals surface area contributed by atoms with E-state index in [1.807, 2.05) is 24.5 Å². The summed E-state index contributed by atoms with van der Waals surface area (Å²) in [5.74, 6) is -1.80. The Kier molecular flexibility index (Phi) is 5.97. The van der Waals surface area contributed by atoms with Crippen LogP contribution in [0.2, 0.25) is 0 Å². The van der Waals surface area contributed by atoms with Gasteiger partial charge in [0.25, 0.3) is 0 Å². The molecule has 1 fully saturated rings. The van der Waals surface area contributed by atoms with Crippen molar-refractivity contribution in [1.82, 2.24) is 10.3 Å². The standard InChI is InChI=1S/C14H16N2O.C2HF3O2/c1-2-14(10-15-6-1)17-13-4-3-12-9-16-7-5-11(12)8-13;3-2(4,5)1(6)7/h3-5,7-9,14-15H,1-2,6,10H2;(H,6,7). The first-order valence-electron chi connectivity index (χ1n) is 7.37. The number of halogens is 3. The number of nitrogens with one attached hydrogen (secondary N) is 1. The van der Waals surface area contributed by atoms with Gasteiger partial charge in [0.2, 0.25) is 0 Å². The van der Waals surface area contributed by atoms with Crippen LogP contribution in [0.1, 0.15) is 12.8 Å². The first kappa shape index (κ1) is 18.0. The summed E-state index contributed by atoms with van der Waals surface area (Å²) in [5.41, 5.74) is 0. The van der Waals surface area contributed by atoms with Crippen LogP contribution in [0.15, 0.2) is 36.7 Å². The lowest BCUT2D eigenvalue weighted by Gasteiger charge is -2.24. The van der Waals surface area contributed by atoms with Crippen LogP contribution in [0.25, 0.3) is 10.8 Å². The molecule has 1 aliphatic rings. The maximum absolute atomic E-state index is 10.6. The summed E-state index contributed by atoms with van der Waals surface area (Å²) < 4.78 is 37.7. The number of hydrogen-bond acceptors (Lipinski definition) is 4. The summed E-state index contributed by atoms with van der Waals surface area (Å²) in [6.07, 6.45) is 1.25. The Bertz CT molecular complexity index is 686. The third kappa shape index (κ3) is 5.38. The topological polar surface area (TPSA) is 71.5 Å². The van der Waals surface area contributed by atoms with Gasteiger partial charge in [-0.2, -0.15) is 13.2 Å². The zero-order valence-corrected chi connectivity index (χ0v) is 12.7. The average molecular weight is 342 g/mol. The number of hydrogen-bond donors (Lipinski definition) is 2. The molecule has 1 saturated heterocycles. The maximum atomic E-state index is 10.6. The molecule has 1 aromatic carbocycles. The predicted octanol–water partition coefficient (Wildman–Crippen LogP) is 3.00. The van der Waals surface area contributed by atoms with Crippen LogP contribution in [-0.2, 0) is 4.79 Å². The number of benzene rings is 1. The second-order valence-electron chi connectivity index (χ2n) is 5.27. The molecular formula is C16H17F3N2O3. The van der Waals surface area contributed by atoms with Crippen molar-refractivity contribution in [2.24, 2.45) is 0 Å². The number of carbonyl (C=O) groups is 1. The lowest BCUT2D eigenvalue weighted by atomic mass is 10.1. The van der Waals surface area contributed by atoms with E-state index in [4.69, 9.17) is 14.6 Å². The highest BCUT2D eigenvalue weighted by Gasteiger charge is 2.38. The molecule has 1 aliphatic heterocycles. The van der Waals surface area contributed by atoms with E-state index in [1.54, 1.807) is 0 Å². The van der Waals surface area contributed by atoms with Gasteiger partial charge in [0.15, 0.2) is 0 Å². The quantitative estimate of drug-likeness (QED) is 0.878. The van der Waals surface area contributed by atoms with Gasteiger partial charge in [0, 0.05) is 24.3 Å². The number of fused-ring (bicyclic) bond motifs is 1. The van der Waals surface area contributed by atoms with E-state index in [9.17, 15) is 13.2 Å². The molecule has 2 heterocycles. The fraction of sp³-hybridized carbons (Fsp3) is 0.375. The second kappa shape index (κ2) is 7.96. The molecule has 2 N–H and O–H groups in total. The molecule has 130 valence electrons. The van der Waals surface area contributed by atoms with Gasteiger partial charge in [-0.05, 0) is 49.0 Å². The molecule has 0 amide bonds. The third-order valence-electron chi connectivity index (χ3n) is 3.41. The van der Waals surface area contributed by atoms with Gasteiger partial charge in [-0.3, -0.25) is 4.98 Å². The van der Waals surface area contributed by atoms with Gasteiger partial charge in [0.1, 0.15) is 11.9 Å². The van der Waals surface area contributed by atoms with Gasteiger partial charge < -0.3 is 15.2 Å². The summed E-state index contributed by atoms with van der Waals surface area (Å²) in [6.45, 7) is 2.07. The number of alkyl halides is 3. The van der Waals surface area contributed by atoms with Crippen LogP contribution < -0.4 is 10.1 Å². The molecule has 3 rings (SSSR count). The molecule has 0 bridgehead atoms. The van der Waals surface area contributed by atoms with Gasteiger partial charge in [-0.15, -0.1) is 0 Å². The number of rotatable bonds is 2. The molecular weight excluding hydrogens is 325 g/mol. The Hall–Kier alpha value is -2.35. The largest absolute Gasteiger partial charge is 0.490 e. The number of aromatic nitrogens is 1. The average Bonchev–Trinajstić information content (AvgIpc) is 2.55. The number of nitrogens with zero attached hydrogens (tertiary/aromatic N) is 1. The second-order valence-corrected chi connectivity index (χ2v) is 5.27. The molecule has 5 nitrogen and oxygen atoms in total. The van der Waals surface area contributed by atoms with Crippen molar-refractivity contribution in [3.05, 3.63) is 36.7 Å². The first-order chi connectivity index (χ1) is 11.4. The van der Waals surface area contributed by atoms with E-state index < -0.39 is 12.1 Å². The Balaban J connectivity index is 0.000000256. The summed E-state index contributed by atoms with van der Waals surface area (Å²) in [7, 11) is 0. The highest BCUT2D eigenvalue weighted by molar-refractivity contribution is 5.82. The minimum atomic E-state index is -5.08. The Morgan fingerprint density at radius 1 is 1.29 bits per heavy atom. The van der Waals surface area contributed by atoms with Crippen LogP contribution in [0.4, 0.5) is 13.2 Å². The van der Waals surface area contributed by atoms with E-state index in [0.29, 0.717) is 6.10 Å². The van der Waals surface area contributed by atoms with E-state index in [1.165, 1.54) is 11.8 Å². The Labute approximate surface area is 136 Å². The number of carboxylic acid groups (broad SMARTS) is 1. The highest BCUT2D eigenvalue weighted by Crippen LogP contribution is 2.22. The number of piperidine rings is 1. The molecule has 0 saturated carbocycles. The minimum Gasteiger partial charge on any atom is -0.489 e. The lowest BCUT2D eigenvalue weighted by Crippen LogP contribution is -2.37. The van der Waals surface area contributed by atoms with Gasteiger partial charge in [0.05, 0.1) is 0 Å². The van der Waals surface area contributed by atoms with Crippen molar-refractivity contribution in [1.29, 1.82) is 0 Å². The Morgan fingerprint density at radius 3 is 2.67 bits per heavy atom. The van der Waals surface area contributed by atoms with E-state index in [2.05, 4.69) is 22.4 Å². The zero-order valence-electron chi connectivity index (χ0n) is 12.7. The fourth-order valence-electron chi connectivity index (χ4n) is 2.25. The molecule has 1 atom stereocenters. The van der Waals surface area contributed by atoms with Gasteiger partial charge in [-0.25, -0.2) is 4.79 Å². The maximum Gasteiger partial charge on any atom is 0.490 e. The fourth-order valence-corrected chi connectivity index (χ4v) is 2.25. The van der Waals surface area contributed by atoms with Gasteiger partial charge >= 0.3 is 12.1 Å². The van der Waals surface area contributed by atoms with Crippen molar-refractivity contribution in [3.63, 3.8) is 0 Å². The van der Waals surface area contributed by atoms with Crippen LogP contribution in [-0.4, -0.2) is 41.4 Å². The molecule has 0 radical (unpaired) electrons. The predicted molar refractivity (Wildman–Crippen MR) is 82.0 cm³/mol. The number of aliphatic carboxylic acids is 1. The molecule has 2 aromatic rings. The van der Waals surface area contributed by atoms with E-state index >= 15 is 0 Å². The molecule has 8 heteroatoms. The molecule has 24 heavy (non-hydrogen) atoms. The molecule has 1 aromatic heterocycles. The third-order valence-corrected chi connectivity index (χ3v) is 3.41. The minimum absolute atomic E-state index is 0.308. The van der Waals surface area contributed by atoms with Gasteiger partial charge in [-0.1, -0.05) is 0 Å². The molecule has 1 unspecified atom stereocenters. The Morgan fingerprint density at radius 2 is 2.04 bits per heavy atom. The normalized spacial score (nSPS) is 17.7. The van der Waals surface area contributed by atoms with Crippen LogP contribution >= 0.6 is 0 Å². The van der Waals surface area contributed by atoms with Crippen molar-refractivity contribution < 1.29 is 27.8 Å². The lowest BCUT2D eigenvalue weighted by molar-refractivity contribution is -0.192. The zero-order chi connectivity index (χ0) is 17.6. The van der Waals surface area contributed by atoms with Crippen molar-refractivity contribution in [2.75, 3.05) is 13.1 Å². The van der Waals surface area contributed by atoms with Crippen molar-refractivity contribution in [2.45, 2.75) is 25.1 Å². The highest BCUT2D eigenvalue weighted by atomic mass is 19.4.